The number of aromatic nitrogens is 1. The Balaban J connectivity index is 1.85. The molecule has 0 radical (unpaired) electrons. The van der Waals surface area contributed by atoms with Crippen molar-refractivity contribution in [3.8, 4) is 0 Å². The van der Waals surface area contributed by atoms with Crippen LogP contribution in [0.4, 0.5) is 8.78 Å². The van der Waals surface area contributed by atoms with Gasteiger partial charge in [-0.25, -0.2) is 8.78 Å². The number of halogens is 2. The zero-order valence-corrected chi connectivity index (χ0v) is 12.3. The van der Waals surface area contributed by atoms with Gasteiger partial charge in [0.1, 0.15) is 11.6 Å². The number of aliphatic hydroxyl groups excluding tert-OH is 1. The van der Waals surface area contributed by atoms with E-state index in [1.165, 1.54) is 4.90 Å². The van der Waals surface area contributed by atoms with E-state index in [1.54, 1.807) is 24.5 Å². The first-order valence-electron chi connectivity index (χ1n) is 7.36. The molecule has 1 aromatic carbocycles. The number of hydrogen-bond donors (Lipinski definition) is 1. The zero-order valence-electron chi connectivity index (χ0n) is 12.3. The molecule has 0 unspecified atom stereocenters. The van der Waals surface area contributed by atoms with E-state index in [4.69, 9.17) is 0 Å². The van der Waals surface area contributed by atoms with E-state index in [2.05, 4.69) is 4.98 Å². The fourth-order valence-corrected chi connectivity index (χ4v) is 2.93. The number of amides is 1. The van der Waals surface area contributed by atoms with Crippen LogP contribution in [0.3, 0.4) is 0 Å². The maximum atomic E-state index is 14.0. The molecule has 1 aliphatic heterocycles. The normalized spacial score (nSPS) is 20.7. The lowest BCUT2D eigenvalue weighted by Gasteiger charge is -2.25. The fraction of sp³-hybridized carbons (Fsp3) is 0.294. The average molecular weight is 318 g/mol. The number of benzene rings is 1. The number of carbonyl (C=O) groups excluding carboxylic acids is 1. The third kappa shape index (κ3) is 3.37. The summed E-state index contributed by atoms with van der Waals surface area (Å²) in [6.45, 7) is 0.111. The molecule has 23 heavy (non-hydrogen) atoms. The molecule has 1 aromatic heterocycles. The van der Waals surface area contributed by atoms with Gasteiger partial charge in [-0.05, 0) is 36.2 Å². The minimum Gasteiger partial charge on any atom is -0.391 e. The summed E-state index contributed by atoms with van der Waals surface area (Å²) < 4.78 is 27.4. The smallest absolute Gasteiger partial charge is 0.227 e. The summed E-state index contributed by atoms with van der Waals surface area (Å²) in [5.41, 5.74) is 0.832. The van der Waals surface area contributed by atoms with Gasteiger partial charge in [-0.15, -0.1) is 0 Å². The monoisotopic (exact) mass is 318 g/mol. The van der Waals surface area contributed by atoms with Gasteiger partial charge in [0.25, 0.3) is 0 Å². The molecule has 1 saturated heterocycles. The van der Waals surface area contributed by atoms with Gasteiger partial charge in [0, 0.05) is 24.5 Å². The Morgan fingerprint density at radius 1 is 1.35 bits per heavy atom. The van der Waals surface area contributed by atoms with E-state index in [0.29, 0.717) is 0 Å². The van der Waals surface area contributed by atoms with E-state index in [9.17, 15) is 18.7 Å². The Kier molecular flexibility index (Phi) is 4.34. The summed E-state index contributed by atoms with van der Waals surface area (Å²) in [4.78, 5) is 17.9. The molecule has 1 N–H and O–H groups in total. The van der Waals surface area contributed by atoms with Crippen molar-refractivity contribution < 1.29 is 18.7 Å². The number of hydrogen-bond acceptors (Lipinski definition) is 3. The SMILES string of the molecule is O=C(Cc1cccnc1)N1C[C@@H](O)C[C@@H]1c1cc(F)ccc1F. The largest absolute Gasteiger partial charge is 0.391 e. The summed E-state index contributed by atoms with van der Waals surface area (Å²) in [7, 11) is 0. The number of β-amino-alcohol motifs (C(OH)–C–C–N with tert-alkyl or cyclic N) is 1. The highest BCUT2D eigenvalue weighted by Gasteiger charge is 2.36. The maximum Gasteiger partial charge on any atom is 0.227 e. The highest BCUT2D eigenvalue weighted by Crippen LogP contribution is 2.34. The predicted octanol–water partition coefficient (Wildman–Crippen LogP) is 2.24. The Hall–Kier alpha value is -2.34. The zero-order chi connectivity index (χ0) is 16.4. The number of aliphatic hydroxyl groups is 1. The molecule has 0 saturated carbocycles. The highest BCUT2D eigenvalue weighted by molar-refractivity contribution is 5.79. The van der Waals surface area contributed by atoms with Gasteiger partial charge < -0.3 is 10.0 Å². The quantitative estimate of drug-likeness (QED) is 0.944. The fourth-order valence-electron chi connectivity index (χ4n) is 2.93. The van der Waals surface area contributed by atoms with Crippen molar-refractivity contribution >= 4 is 5.91 Å². The molecule has 6 heteroatoms. The summed E-state index contributed by atoms with van der Waals surface area (Å²) in [5.74, 6) is -1.39. The second kappa shape index (κ2) is 6.42. The van der Waals surface area contributed by atoms with Crippen LogP contribution in [-0.2, 0) is 11.2 Å². The molecule has 2 heterocycles. The first-order chi connectivity index (χ1) is 11.0. The molecule has 3 rings (SSSR count). The standard InChI is InChI=1S/C17H16F2N2O2/c18-12-3-4-15(19)14(7-12)16-8-13(22)10-21(16)17(23)6-11-2-1-5-20-9-11/h1-5,7,9,13,16,22H,6,8,10H2/t13-,16+/m0/s1. The summed E-state index contributed by atoms with van der Waals surface area (Å²) in [6.07, 6.45) is 2.74. The van der Waals surface area contributed by atoms with Crippen LogP contribution < -0.4 is 0 Å². The minimum absolute atomic E-state index is 0.0982. The van der Waals surface area contributed by atoms with Crippen LogP contribution in [0.5, 0.6) is 0 Å². The van der Waals surface area contributed by atoms with Crippen LogP contribution >= 0.6 is 0 Å². The highest BCUT2D eigenvalue weighted by atomic mass is 19.1. The molecule has 0 bridgehead atoms. The van der Waals surface area contributed by atoms with Crippen molar-refractivity contribution in [3.63, 3.8) is 0 Å². The molecule has 0 spiro atoms. The van der Waals surface area contributed by atoms with Gasteiger partial charge >= 0.3 is 0 Å². The van der Waals surface area contributed by atoms with Crippen LogP contribution in [-0.4, -0.2) is 33.5 Å². The molecule has 1 fully saturated rings. The van der Waals surface area contributed by atoms with E-state index in [0.717, 1.165) is 23.8 Å². The van der Waals surface area contributed by atoms with Gasteiger partial charge in [0.15, 0.2) is 0 Å². The van der Waals surface area contributed by atoms with Gasteiger partial charge in [-0.1, -0.05) is 6.07 Å². The first-order valence-corrected chi connectivity index (χ1v) is 7.36. The van der Waals surface area contributed by atoms with Gasteiger partial charge in [0.2, 0.25) is 5.91 Å². The second-order valence-corrected chi connectivity index (χ2v) is 5.66. The van der Waals surface area contributed by atoms with Crippen molar-refractivity contribution in [1.29, 1.82) is 0 Å². The lowest BCUT2D eigenvalue weighted by Crippen LogP contribution is -2.33. The molecular weight excluding hydrogens is 302 g/mol. The molecule has 1 amide bonds. The molecule has 120 valence electrons. The third-order valence-electron chi connectivity index (χ3n) is 3.99. The van der Waals surface area contributed by atoms with Gasteiger partial charge in [-0.3, -0.25) is 9.78 Å². The van der Waals surface area contributed by atoms with Crippen molar-refractivity contribution in [2.24, 2.45) is 0 Å². The lowest BCUT2D eigenvalue weighted by atomic mass is 10.0. The van der Waals surface area contributed by atoms with Crippen LogP contribution in [0.15, 0.2) is 42.7 Å². The van der Waals surface area contributed by atoms with Crippen molar-refractivity contribution in [1.82, 2.24) is 9.88 Å². The van der Waals surface area contributed by atoms with Crippen molar-refractivity contribution in [2.75, 3.05) is 6.54 Å². The average Bonchev–Trinajstić information content (AvgIpc) is 2.92. The van der Waals surface area contributed by atoms with Crippen LogP contribution in [0.25, 0.3) is 0 Å². The van der Waals surface area contributed by atoms with E-state index in [-0.39, 0.29) is 30.9 Å². The number of rotatable bonds is 3. The lowest BCUT2D eigenvalue weighted by molar-refractivity contribution is -0.131. The first kappa shape index (κ1) is 15.6. The molecule has 2 aromatic rings. The van der Waals surface area contributed by atoms with E-state index < -0.39 is 23.8 Å². The number of pyridine rings is 1. The molecule has 4 nitrogen and oxygen atoms in total. The molecular formula is C17H16F2N2O2. The second-order valence-electron chi connectivity index (χ2n) is 5.66. The van der Waals surface area contributed by atoms with Crippen LogP contribution in [0.1, 0.15) is 23.6 Å². The Bertz CT molecular complexity index is 709. The van der Waals surface area contributed by atoms with Gasteiger partial charge in [0.05, 0.1) is 18.6 Å². The minimum atomic E-state index is -0.750. The maximum absolute atomic E-state index is 14.0. The van der Waals surface area contributed by atoms with Crippen molar-refractivity contribution in [3.05, 3.63) is 65.5 Å². The van der Waals surface area contributed by atoms with Crippen LogP contribution in [0, 0.1) is 11.6 Å². The summed E-state index contributed by atoms with van der Waals surface area (Å²) in [6, 6.07) is 6.00. The Labute approximate surface area is 132 Å². The third-order valence-corrected chi connectivity index (χ3v) is 3.99. The van der Waals surface area contributed by atoms with Crippen molar-refractivity contribution in [2.45, 2.75) is 25.0 Å². The molecule has 0 aliphatic carbocycles. The Morgan fingerprint density at radius 2 is 2.17 bits per heavy atom. The topological polar surface area (TPSA) is 53.4 Å². The van der Waals surface area contributed by atoms with E-state index in [1.807, 2.05) is 0 Å². The number of carbonyl (C=O) groups is 1. The Morgan fingerprint density at radius 3 is 2.91 bits per heavy atom. The molecule has 1 aliphatic rings. The van der Waals surface area contributed by atoms with Gasteiger partial charge in [-0.2, -0.15) is 0 Å². The summed E-state index contributed by atoms with van der Waals surface area (Å²) >= 11 is 0. The summed E-state index contributed by atoms with van der Waals surface area (Å²) in [5, 5.41) is 9.88. The van der Waals surface area contributed by atoms with E-state index >= 15 is 0 Å². The molecule has 2 atom stereocenters. The number of likely N-dealkylation sites (tertiary alicyclic amines) is 1. The predicted molar refractivity (Wildman–Crippen MR) is 79.4 cm³/mol. The number of nitrogens with zero attached hydrogens (tertiary/aromatic N) is 2. The van der Waals surface area contributed by atoms with Crippen LogP contribution in [0.2, 0.25) is 0 Å².